The van der Waals surface area contributed by atoms with Crippen LogP contribution in [0, 0.1) is 11.8 Å². The van der Waals surface area contributed by atoms with Gasteiger partial charge in [0.25, 0.3) is 0 Å². The predicted octanol–water partition coefficient (Wildman–Crippen LogP) is 3.19. The molecule has 0 bridgehead atoms. The van der Waals surface area contributed by atoms with Gasteiger partial charge in [0.05, 0.1) is 0 Å². The Hall–Kier alpha value is -0.0400. The monoisotopic (exact) mass is 171 g/mol. The molecule has 1 saturated carbocycles. The third-order valence-corrected chi connectivity index (χ3v) is 2.65. The molecule has 3 atom stereocenters. The van der Waals surface area contributed by atoms with Crippen molar-refractivity contribution in [3.05, 3.63) is 0 Å². The lowest BCUT2D eigenvalue weighted by Gasteiger charge is -2.30. The molecule has 1 aliphatic rings. The number of hydrogen-bond acceptors (Lipinski definition) is 1. The Morgan fingerprint density at radius 3 is 2.17 bits per heavy atom. The number of nitrogens with two attached hydrogens (primary N) is 1. The summed E-state index contributed by atoms with van der Waals surface area (Å²) < 4.78 is 0. The van der Waals surface area contributed by atoms with E-state index < -0.39 is 0 Å². The van der Waals surface area contributed by atoms with E-state index in [1.54, 1.807) is 0 Å². The third kappa shape index (κ3) is 4.10. The van der Waals surface area contributed by atoms with Gasteiger partial charge in [-0.1, -0.05) is 34.1 Å². The maximum absolute atomic E-state index is 5.89. The van der Waals surface area contributed by atoms with Crippen molar-refractivity contribution in [3.63, 3.8) is 0 Å². The van der Waals surface area contributed by atoms with Crippen LogP contribution in [0.25, 0.3) is 0 Å². The zero-order valence-corrected chi connectivity index (χ0v) is 9.14. The van der Waals surface area contributed by atoms with Crippen LogP contribution in [-0.4, -0.2) is 6.04 Å². The SMILES string of the molecule is CC.CCC1CC(C)CC(N)C1. The highest BCUT2D eigenvalue weighted by Gasteiger charge is 2.22. The Balaban J connectivity index is 0.000000561. The molecule has 1 rings (SSSR count). The zero-order valence-electron chi connectivity index (χ0n) is 9.14. The highest BCUT2D eigenvalue weighted by atomic mass is 14.6. The van der Waals surface area contributed by atoms with Crippen LogP contribution >= 0.6 is 0 Å². The molecule has 1 heteroatoms. The van der Waals surface area contributed by atoms with Gasteiger partial charge in [-0.3, -0.25) is 0 Å². The maximum atomic E-state index is 5.89. The highest BCUT2D eigenvalue weighted by molar-refractivity contribution is 4.77. The van der Waals surface area contributed by atoms with Crippen LogP contribution in [0.1, 0.15) is 53.4 Å². The molecular formula is C11H25N. The molecule has 0 aromatic rings. The van der Waals surface area contributed by atoms with Crippen molar-refractivity contribution >= 4 is 0 Å². The van der Waals surface area contributed by atoms with Crippen molar-refractivity contribution in [2.45, 2.75) is 59.4 Å². The van der Waals surface area contributed by atoms with Crippen molar-refractivity contribution in [2.75, 3.05) is 0 Å². The van der Waals surface area contributed by atoms with Gasteiger partial charge < -0.3 is 5.73 Å². The minimum atomic E-state index is 0.494. The summed E-state index contributed by atoms with van der Waals surface area (Å²) >= 11 is 0. The molecule has 0 spiro atoms. The van der Waals surface area contributed by atoms with Crippen molar-refractivity contribution in [1.29, 1.82) is 0 Å². The first-order chi connectivity index (χ1) is 5.72. The van der Waals surface area contributed by atoms with E-state index in [2.05, 4.69) is 13.8 Å². The third-order valence-electron chi connectivity index (χ3n) is 2.65. The molecule has 0 heterocycles. The summed E-state index contributed by atoms with van der Waals surface area (Å²) in [7, 11) is 0. The lowest BCUT2D eigenvalue weighted by atomic mass is 9.79. The van der Waals surface area contributed by atoms with Gasteiger partial charge in [0.2, 0.25) is 0 Å². The van der Waals surface area contributed by atoms with E-state index in [1.807, 2.05) is 13.8 Å². The minimum absolute atomic E-state index is 0.494. The van der Waals surface area contributed by atoms with Crippen LogP contribution in [0.5, 0.6) is 0 Å². The zero-order chi connectivity index (χ0) is 9.56. The van der Waals surface area contributed by atoms with Gasteiger partial charge in [-0.2, -0.15) is 0 Å². The average molecular weight is 171 g/mol. The van der Waals surface area contributed by atoms with Crippen molar-refractivity contribution in [1.82, 2.24) is 0 Å². The van der Waals surface area contributed by atoms with Gasteiger partial charge in [0.15, 0.2) is 0 Å². The second-order valence-corrected chi connectivity index (χ2v) is 3.85. The van der Waals surface area contributed by atoms with Crippen LogP contribution in [0.2, 0.25) is 0 Å². The van der Waals surface area contributed by atoms with Crippen LogP contribution in [0.4, 0.5) is 0 Å². The van der Waals surface area contributed by atoms with Crippen molar-refractivity contribution in [2.24, 2.45) is 17.6 Å². The topological polar surface area (TPSA) is 26.0 Å². The first kappa shape index (κ1) is 12.0. The smallest absolute Gasteiger partial charge is 0.00440 e. The molecule has 12 heavy (non-hydrogen) atoms. The Morgan fingerprint density at radius 1 is 1.17 bits per heavy atom. The summed E-state index contributed by atoms with van der Waals surface area (Å²) in [5.41, 5.74) is 5.89. The Kier molecular flexibility index (Phi) is 6.45. The Bertz CT molecular complexity index is 91.2. The molecule has 0 radical (unpaired) electrons. The first-order valence-electron chi connectivity index (χ1n) is 5.48. The van der Waals surface area contributed by atoms with Gasteiger partial charge in [0, 0.05) is 6.04 Å². The molecule has 0 saturated heterocycles. The predicted molar refractivity (Wildman–Crippen MR) is 56.1 cm³/mol. The van der Waals surface area contributed by atoms with Gasteiger partial charge in [-0.25, -0.2) is 0 Å². The second-order valence-electron chi connectivity index (χ2n) is 3.85. The molecule has 0 aliphatic heterocycles. The fraction of sp³-hybridized carbons (Fsp3) is 1.00. The molecule has 0 aromatic carbocycles. The van der Waals surface area contributed by atoms with Crippen LogP contribution in [-0.2, 0) is 0 Å². The largest absolute Gasteiger partial charge is 0.328 e. The van der Waals surface area contributed by atoms with E-state index in [-0.39, 0.29) is 0 Å². The normalized spacial score (nSPS) is 35.2. The van der Waals surface area contributed by atoms with Crippen molar-refractivity contribution in [3.8, 4) is 0 Å². The minimum Gasteiger partial charge on any atom is -0.328 e. The highest BCUT2D eigenvalue weighted by Crippen LogP contribution is 2.29. The van der Waals surface area contributed by atoms with Crippen molar-refractivity contribution < 1.29 is 0 Å². The van der Waals surface area contributed by atoms with Crippen LogP contribution in [0.15, 0.2) is 0 Å². The first-order valence-corrected chi connectivity index (χ1v) is 5.48. The van der Waals surface area contributed by atoms with E-state index in [1.165, 1.54) is 25.7 Å². The molecule has 3 unspecified atom stereocenters. The fourth-order valence-corrected chi connectivity index (χ4v) is 2.14. The summed E-state index contributed by atoms with van der Waals surface area (Å²) in [6, 6.07) is 0.494. The number of rotatable bonds is 1. The Morgan fingerprint density at radius 2 is 1.75 bits per heavy atom. The summed E-state index contributed by atoms with van der Waals surface area (Å²) in [5.74, 6) is 1.78. The molecular weight excluding hydrogens is 146 g/mol. The number of hydrogen-bond donors (Lipinski definition) is 1. The molecule has 1 aliphatic carbocycles. The van der Waals surface area contributed by atoms with Gasteiger partial charge in [0.1, 0.15) is 0 Å². The molecule has 2 N–H and O–H groups in total. The summed E-state index contributed by atoms with van der Waals surface area (Å²) in [4.78, 5) is 0. The summed E-state index contributed by atoms with van der Waals surface area (Å²) in [5, 5.41) is 0. The molecule has 0 amide bonds. The Labute approximate surface area is 77.7 Å². The van der Waals surface area contributed by atoms with E-state index in [0.29, 0.717) is 6.04 Å². The lowest BCUT2D eigenvalue weighted by molar-refractivity contribution is 0.248. The van der Waals surface area contributed by atoms with E-state index in [0.717, 1.165) is 11.8 Å². The summed E-state index contributed by atoms with van der Waals surface area (Å²) in [6.45, 7) is 8.59. The van der Waals surface area contributed by atoms with Crippen LogP contribution < -0.4 is 5.73 Å². The fourth-order valence-electron chi connectivity index (χ4n) is 2.14. The molecule has 74 valence electrons. The van der Waals surface area contributed by atoms with E-state index >= 15 is 0 Å². The standard InChI is InChI=1S/C9H19N.C2H6/c1-3-8-4-7(2)5-9(10)6-8;1-2/h7-9H,3-6,10H2,1-2H3;1-2H3. The van der Waals surface area contributed by atoms with Gasteiger partial charge >= 0.3 is 0 Å². The van der Waals surface area contributed by atoms with E-state index in [4.69, 9.17) is 5.73 Å². The second kappa shape index (κ2) is 6.47. The average Bonchev–Trinajstić information content (AvgIpc) is 2.06. The molecule has 0 aromatic heterocycles. The van der Waals surface area contributed by atoms with Crippen LogP contribution in [0.3, 0.4) is 0 Å². The van der Waals surface area contributed by atoms with Gasteiger partial charge in [-0.05, 0) is 31.1 Å². The van der Waals surface area contributed by atoms with E-state index in [9.17, 15) is 0 Å². The molecule has 1 nitrogen and oxygen atoms in total. The maximum Gasteiger partial charge on any atom is 0.00440 e. The summed E-state index contributed by atoms with van der Waals surface area (Å²) in [6.07, 6.45) is 5.24. The van der Waals surface area contributed by atoms with Gasteiger partial charge in [-0.15, -0.1) is 0 Å². The molecule has 1 fully saturated rings. The quantitative estimate of drug-likeness (QED) is 0.644. The lowest BCUT2D eigenvalue weighted by Crippen LogP contribution is -2.31.